The number of hydrogen-bond donors (Lipinski definition) is 0. The van der Waals surface area contributed by atoms with E-state index in [4.69, 9.17) is 9.84 Å². The van der Waals surface area contributed by atoms with Crippen LogP contribution in [0.4, 0.5) is 0 Å². The van der Waals surface area contributed by atoms with Crippen LogP contribution in [0.2, 0.25) is 0 Å². The summed E-state index contributed by atoms with van der Waals surface area (Å²) in [6.07, 6.45) is 10.5. The Kier molecular flexibility index (Phi) is 5.00. The Balaban J connectivity index is 1.43. The van der Waals surface area contributed by atoms with Crippen molar-refractivity contribution in [1.82, 2.24) is 29.1 Å². The highest BCUT2D eigenvalue weighted by atomic mass is 16.5. The van der Waals surface area contributed by atoms with Crippen LogP contribution in [0.25, 0.3) is 16.6 Å². The number of imidazole rings is 1. The first kappa shape index (κ1) is 19.1. The minimum absolute atomic E-state index is 0.673. The molecule has 0 aliphatic rings. The van der Waals surface area contributed by atoms with Crippen LogP contribution in [0.15, 0.2) is 73.6 Å². The number of aryl methyl sites for hydroxylation is 1. The van der Waals surface area contributed by atoms with Gasteiger partial charge in [-0.25, -0.2) is 4.98 Å². The number of rotatable bonds is 7. The molecular formula is C24H24N6O. The molecule has 31 heavy (non-hydrogen) atoms. The topological polar surface area (TPSA) is 62.7 Å². The maximum atomic E-state index is 5.23. The largest absolute Gasteiger partial charge is 0.497 e. The Morgan fingerprint density at radius 3 is 2.61 bits per heavy atom. The van der Waals surface area contributed by atoms with Crippen molar-refractivity contribution in [2.24, 2.45) is 0 Å². The maximum Gasteiger partial charge on any atom is 0.118 e. The highest BCUT2D eigenvalue weighted by molar-refractivity contribution is 5.90. The molecule has 2 aromatic carbocycles. The summed E-state index contributed by atoms with van der Waals surface area (Å²) in [5.74, 6) is 0.859. The first-order chi connectivity index (χ1) is 15.2. The summed E-state index contributed by atoms with van der Waals surface area (Å²) in [5.41, 5.74) is 5.61. The Morgan fingerprint density at radius 1 is 1.00 bits per heavy atom. The van der Waals surface area contributed by atoms with Crippen LogP contribution in [0, 0.1) is 0 Å². The second kappa shape index (κ2) is 8.10. The van der Waals surface area contributed by atoms with Crippen LogP contribution in [-0.2, 0) is 19.5 Å². The van der Waals surface area contributed by atoms with Crippen molar-refractivity contribution in [2.75, 3.05) is 7.11 Å². The van der Waals surface area contributed by atoms with Crippen LogP contribution in [0.1, 0.15) is 23.7 Å². The average molecular weight is 412 g/mol. The maximum absolute atomic E-state index is 5.23. The van der Waals surface area contributed by atoms with Gasteiger partial charge in [0.1, 0.15) is 5.75 Å². The summed E-state index contributed by atoms with van der Waals surface area (Å²) in [6, 6.07) is 14.4. The van der Waals surface area contributed by atoms with Crippen LogP contribution >= 0.6 is 0 Å². The van der Waals surface area contributed by atoms with E-state index in [-0.39, 0.29) is 0 Å². The van der Waals surface area contributed by atoms with Gasteiger partial charge in [0.2, 0.25) is 0 Å². The van der Waals surface area contributed by atoms with E-state index in [2.05, 4.69) is 58.2 Å². The van der Waals surface area contributed by atoms with Crippen LogP contribution < -0.4 is 4.74 Å². The number of methoxy groups -OCH3 is 1. The first-order valence-corrected chi connectivity index (χ1v) is 10.4. The predicted octanol–water partition coefficient (Wildman–Crippen LogP) is 4.09. The molecule has 0 spiro atoms. The number of nitrogens with zero attached hydrogens (tertiary/aromatic N) is 6. The lowest BCUT2D eigenvalue weighted by molar-refractivity contribution is 0.414. The van der Waals surface area contributed by atoms with Crippen LogP contribution in [0.5, 0.6) is 5.75 Å². The summed E-state index contributed by atoms with van der Waals surface area (Å²) < 4.78 is 11.3. The van der Waals surface area contributed by atoms with Gasteiger partial charge in [0.15, 0.2) is 0 Å². The van der Waals surface area contributed by atoms with E-state index in [0.29, 0.717) is 6.54 Å². The van der Waals surface area contributed by atoms with E-state index in [9.17, 15) is 0 Å². The molecule has 0 amide bonds. The molecule has 0 unspecified atom stereocenters. The van der Waals surface area contributed by atoms with E-state index in [1.165, 1.54) is 10.9 Å². The zero-order valence-electron chi connectivity index (χ0n) is 17.6. The molecule has 0 bridgehead atoms. The summed E-state index contributed by atoms with van der Waals surface area (Å²) in [6.45, 7) is 3.53. The van der Waals surface area contributed by atoms with E-state index >= 15 is 0 Å². The number of hydrogen-bond acceptors (Lipinski definition) is 4. The molecular weight excluding hydrogens is 388 g/mol. The van der Waals surface area contributed by atoms with Gasteiger partial charge < -0.3 is 9.30 Å². The molecule has 0 atom stereocenters. The van der Waals surface area contributed by atoms with Gasteiger partial charge in [-0.1, -0.05) is 25.1 Å². The van der Waals surface area contributed by atoms with Crippen LogP contribution in [-0.4, -0.2) is 36.2 Å². The Labute approximate surface area is 180 Å². The second-order valence-corrected chi connectivity index (χ2v) is 7.49. The molecule has 3 aromatic heterocycles. The Hall–Kier alpha value is -3.87. The van der Waals surface area contributed by atoms with Gasteiger partial charge >= 0.3 is 0 Å². The molecule has 7 heteroatoms. The third-order valence-corrected chi connectivity index (χ3v) is 5.47. The number of fused-ring (bicyclic) bond motifs is 1. The van der Waals surface area contributed by atoms with Crippen molar-refractivity contribution in [2.45, 2.75) is 26.4 Å². The zero-order chi connectivity index (χ0) is 21.2. The highest BCUT2D eigenvalue weighted by Gasteiger charge is 2.15. The summed E-state index contributed by atoms with van der Waals surface area (Å²) in [4.78, 5) is 4.20. The average Bonchev–Trinajstić information content (AvgIpc) is 3.55. The van der Waals surface area contributed by atoms with Crippen molar-refractivity contribution in [3.63, 3.8) is 0 Å². The van der Waals surface area contributed by atoms with Crippen molar-refractivity contribution in [3.05, 3.63) is 90.4 Å². The van der Waals surface area contributed by atoms with E-state index in [1.54, 1.807) is 13.3 Å². The lowest BCUT2D eigenvalue weighted by Gasteiger charge is -2.06. The monoisotopic (exact) mass is 412 g/mol. The van der Waals surface area contributed by atoms with Gasteiger partial charge in [-0.3, -0.25) is 9.36 Å². The Bertz CT molecular complexity index is 1300. The second-order valence-electron chi connectivity index (χ2n) is 7.49. The van der Waals surface area contributed by atoms with Gasteiger partial charge in [-0.15, -0.1) is 0 Å². The van der Waals surface area contributed by atoms with Gasteiger partial charge in [-0.2, -0.15) is 10.2 Å². The quantitative estimate of drug-likeness (QED) is 0.404. The standard InChI is InChI=1S/C24H24N6O/c1-3-21-24-22(28-12-11-25-17-28)5-4-6-23(24)30(27-21)16-19-13-26-29(15-19)14-18-7-9-20(31-2)10-8-18/h4-13,15,17H,3,14,16H2,1-2H3. The van der Waals surface area contributed by atoms with Gasteiger partial charge in [0, 0.05) is 29.5 Å². The lowest BCUT2D eigenvalue weighted by atomic mass is 10.1. The molecule has 0 saturated carbocycles. The molecule has 0 fully saturated rings. The normalized spacial score (nSPS) is 11.3. The highest BCUT2D eigenvalue weighted by Crippen LogP contribution is 2.27. The third-order valence-electron chi connectivity index (χ3n) is 5.47. The molecule has 156 valence electrons. The molecule has 0 aliphatic carbocycles. The fourth-order valence-corrected chi connectivity index (χ4v) is 3.94. The molecule has 0 saturated heterocycles. The number of benzene rings is 2. The summed E-state index contributed by atoms with van der Waals surface area (Å²) in [7, 11) is 1.68. The predicted molar refractivity (Wildman–Crippen MR) is 120 cm³/mol. The SMILES string of the molecule is CCc1nn(Cc2cnn(Cc3ccc(OC)cc3)c2)c2cccc(-n3ccnc3)c12. The van der Waals surface area contributed by atoms with E-state index in [1.807, 2.05) is 40.1 Å². The lowest BCUT2D eigenvalue weighted by Crippen LogP contribution is -2.02. The minimum atomic E-state index is 0.673. The summed E-state index contributed by atoms with van der Waals surface area (Å²) in [5, 5.41) is 10.6. The van der Waals surface area contributed by atoms with Crippen molar-refractivity contribution in [1.29, 1.82) is 0 Å². The van der Waals surface area contributed by atoms with Crippen molar-refractivity contribution < 1.29 is 4.74 Å². The molecule has 5 rings (SSSR count). The molecule has 0 N–H and O–H groups in total. The van der Waals surface area contributed by atoms with Gasteiger partial charge in [-0.05, 0) is 36.2 Å². The fraction of sp³-hybridized carbons (Fsp3) is 0.208. The number of ether oxygens (including phenoxy) is 1. The number of aromatic nitrogens is 6. The van der Waals surface area contributed by atoms with E-state index < -0.39 is 0 Å². The van der Waals surface area contributed by atoms with Gasteiger partial charge in [0.25, 0.3) is 0 Å². The van der Waals surface area contributed by atoms with E-state index in [0.717, 1.165) is 41.2 Å². The Morgan fingerprint density at radius 2 is 1.87 bits per heavy atom. The molecule has 0 aliphatic heterocycles. The van der Waals surface area contributed by atoms with Crippen LogP contribution in [0.3, 0.4) is 0 Å². The smallest absolute Gasteiger partial charge is 0.118 e. The molecule has 7 nitrogen and oxygen atoms in total. The first-order valence-electron chi connectivity index (χ1n) is 10.4. The minimum Gasteiger partial charge on any atom is -0.497 e. The summed E-state index contributed by atoms with van der Waals surface area (Å²) >= 11 is 0. The van der Waals surface area contributed by atoms with Crippen molar-refractivity contribution >= 4 is 10.9 Å². The fourth-order valence-electron chi connectivity index (χ4n) is 3.94. The molecule has 5 aromatic rings. The third kappa shape index (κ3) is 3.70. The van der Waals surface area contributed by atoms with Crippen molar-refractivity contribution in [3.8, 4) is 11.4 Å². The zero-order valence-corrected chi connectivity index (χ0v) is 17.6. The molecule has 3 heterocycles. The molecule has 0 radical (unpaired) electrons. The van der Waals surface area contributed by atoms with Gasteiger partial charge in [0.05, 0.1) is 49.6 Å².